The predicted molar refractivity (Wildman–Crippen MR) is 60.9 cm³/mol. The molecule has 1 rings (SSSR count). The summed E-state index contributed by atoms with van der Waals surface area (Å²) >= 11 is 0. The summed E-state index contributed by atoms with van der Waals surface area (Å²) < 4.78 is 0. The molecular weight excluding hydrogens is 220 g/mol. The van der Waals surface area contributed by atoms with Crippen LogP contribution < -0.4 is 0 Å². The summed E-state index contributed by atoms with van der Waals surface area (Å²) in [6, 6.07) is 1.97. The number of carbonyl (C=O) groups excluding carboxylic acids is 1. The summed E-state index contributed by atoms with van der Waals surface area (Å²) in [6.07, 6.45) is 4.78. The molecule has 0 radical (unpaired) electrons. The van der Waals surface area contributed by atoms with Crippen LogP contribution in [0.1, 0.15) is 19.3 Å². The molecule has 0 fully saturated rings. The third kappa shape index (κ3) is 3.31. The molecule has 5 nitrogen and oxygen atoms in total. The van der Waals surface area contributed by atoms with E-state index in [1.807, 2.05) is 12.1 Å². The molecule has 0 saturated heterocycles. The number of nitrogens with zero attached hydrogens (tertiary/aromatic N) is 2. The van der Waals surface area contributed by atoms with Crippen LogP contribution in [0.5, 0.6) is 0 Å². The minimum atomic E-state index is -0.929. The minimum Gasteiger partial charge on any atom is -0.481 e. The molecule has 0 aromatic carbocycles. The minimum absolute atomic E-state index is 0.183. The maximum absolute atomic E-state index is 12.0. The normalized spacial score (nSPS) is 22.8. The van der Waals surface area contributed by atoms with Crippen molar-refractivity contribution in [1.82, 2.24) is 4.90 Å². The second-order valence-corrected chi connectivity index (χ2v) is 4.16. The van der Waals surface area contributed by atoms with Crippen molar-refractivity contribution in [2.75, 3.05) is 13.6 Å². The Labute approximate surface area is 100 Å². The number of aliphatic carboxylic acids is 1. The monoisotopic (exact) mass is 236 g/mol. The quantitative estimate of drug-likeness (QED) is 0.739. The topological polar surface area (TPSA) is 81.4 Å². The third-order valence-electron chi connectivity index (χ3n) is 3.00. The molecule has 0 aromatic rings. The maximum atomic E-state index is 12.0. The van der Waals surface area contributed by atoms with Crippen LogP contribution in [0, 0.1) is 23.2 Å². The van der Waals surface area contributed by atoms with E-state index in [0.717, 1.165) is 0 Å². The molecule has 1 amide bonds. The number of rotatable bonds is 4. The molecule has 1 aliphatic carbocycles. The van der Waals surface area contributed by atoms with Gasteiger partial charge in [0.15, 0.2) is 0 Å². The van der Waals surface area contributed by atoms with Gasteiger partial charge in [-0.25, -0.2) is 0 Å². The largest absolute Gasteiger partial charge is 0.481 e. The van der Waals surface area contributed by atoms with Crippen LogP contribution in [-0.2, 0) is 9.59 Å². The van der Waals surface area contributed by atoms with E-state index in [4.69, 9.17) is 10.4 Å². The van der Waals surface area contributed by atoms with Gasteiger partial charge in [-0.1, -0.05) is 12.2 Å². The Morgan fingerprint density at radius 1 is 1.41 bits per heavy atom. The first-order valence-electron chi connectivity index (χ1n) is 5.57. The van der Waals surface area contributed by atoms with E-state index in [1.165, 1.54) is 4.90 Å². The van der Waals surface area contributed by atoms with Gasteiger partial charge in [0, 0.05) is 13.6 Å². The standard InChI is InChI=1S/C12H16N2O3/c1-14(8-4-7-13)11(15)9-5-2-3-6-10(9)12(16)17/h2-3,9-10H,4-6,8H2,1H3,(H,16,17)/t9-,10+/m1/s1. The molecule has 0 heterocycles. The van der Waals surface area contributed by atoms with Crippen molar-refractivity contribution >= 4 is 11.9 Å². The first-order valence-corrected chi connectivity index (χ1v) is 5.57. The van der Waals surface area contributed by atoms with E-state index in [9.17, 15) is 9.59 Å². The fraction of sp³-hybridized carbons (Fsp3) is 0.583. The fourth-order valence-corrected chi connectivity index (χ4v) is 1.97. The maximum Gasteiger partial charge on any atom is 0.307 e. The van der Waals surface area contributed by atoms with Gasteiger partial charge >= 0.3 is 5.97 Å². The van der Waals surface area contributed by atoms with Crippen LogP contribution in [0.25, 0.3) is 0 Å². The Hall–Kier alpha value is -1.83. The average Bonchev–Trinajstić information content (AvgIpc) is 2.34. The molecule has 0 bridgehead atoms. The van der Waals surface area contributed by atoms with Gasteiger partial charge < -0.3 is 10.0 Å². The Balaban J connectivity index is 2.69. The predicted octanol–water partition coefficient (Wildman–Crippen LogP) is 1.03. The van der Waals surface area contributed by atoms with E-state index >= 15 is 0 Å². The lowest BCUT2D eigenvalue weighted by atomic mass is 9.82. The van der Waals surface area contributed by atoms with Crippen molar-refractivity contribution in [3.05, 3.63) is 12.2 Å². The smallest absolute Gasteiger partial charge is 0.307 e. The summed E-state index contributed by atoms with van der Waals surface area (Å²) in [5, 5.41) is 17.5. The first-order chi connectivity index (χ1) is 8.07. The van der Waals surface area contributed by atoms with Crippen molar-refractivity contribution < 1.29 is 14.7 Å². The van der Waals surface area contributed by atoms with E-state index < -0.39 is 17.8 Å². The van der Waals surface area contributed by atoms with Gasteiger partial charge in [-0.3, -0.25) is 9.59 Å². The zero-order valence-corrected chi connectivity index (χ0v) is 9.80. The lowest BCUT2D eigenvalue weighted by Gasteiger charge is -2.28. The van der Waals surface area contributed by atoms with Crippen molar-refractivity contribution in [3.63, 3.8) is 0 Å². The highest BCUT2D eigenvalue weighted by Crippen LogP contribution is 2.27. The zero-order chi connectivity index (χ0) is 12.8. The number of allylic oxidation sites excluding steroid dienone is 2. The molecule has 0 unspecified atom stereocenters. The van der Waals surface area contributed by atoms with Gasteiger partial charge in [0.2, 0.25) is 5.91 Å². The second-order valence-electron chi connectivity index (χ2n) is 4.16. The first kappa shape index (κ1) is 13.2. The molecular formula is C12H16N2O3. The van der Waals surface area contributed by atoms with Gasteiger partial charge in [0.25, 0.3) is 0 Å². The van der Waals surface area contributed by atoms with Gasteiger partial charge in [-0.15, -0.1) is 0 Å². The number of hydrogen-bond acceptors (Lipinski definition) is 3. The summed E-state index contributed by atoms with van der Waals surface area (Å²) in [4.78, 5) is 24.5. The molecule has 5 heteroatoms. The van der Waals surface area contributed by atoms with Crippen molar-refractivity contribution in [2.24, 2.45) is 11.8 Å². The molecule has 92 valence electrons. The number of carboxylic acid groups (broad SMARTS) is 1. The fourth-order valence-electron chi connectivity index (χ4n) is 1.97. The van der Waals surface area contributed by atoms with Crippen LogP contribution in [0.2, 0.25) is 0 Å². The van der Waals surface area contributed by atoms with Gasteiger partial charge in [-0.2, -0.15) is 5.26 Å². The van der Waals surface area contributed by atoms with Crippen LogP contribution >= 0.6 is 0 Å². The average molecular weight is 236 g/mol. The molecule has 17 heavy (non-hydrogen) atoms. The van der Waals surface area contributed by atoms with E-state index in [2.05, 4.69) is 0 Å². The summed E-state index contributed by atoms with van der Waals surface area (Å²) in [6.45, 7) is 0.349. The Morgan fingerprint density at radius 2 is 2.00 bits per heavy atom. The van der Waals surface area contributed by atoms with Crippen molar-refractivity contribution in [2.45, 2.75) is 19.3 Å². The molecule has 0 aliphatic heterocycles. The third-order valence-corrected chi connectivity index (χ3v) is 3.00. The number of carbonyl (C=O) groups is 2. The van der Waals surface area contributed by atoms with Crippen molar-refractivity contribution in [3.8, 4) is 6.07 Å². The Morgan fingerprint density at radius 3 is 2.53 bits per heavy atom. The molecule has 1 N–H and O–H groups in total. The van der Waals surface area contributed by atoms with Gasteiger partial charge in [-0.05, 0) is 12.8 Å². The number of hydrogen-bond donors (Lipinski definition) is 1. The van der Waals surface area contributed by atoms with Gasteiger partial charge in [0.1, 0.15) is 0 Å². The molecule has 0 saturated carbocycles. The summed E-state index contributed by atoms with van der Waals surface area (Å²) in [7, 11) is 1.61. The SMILES string of the molecule is CN(CCC#N)C(=O)[C@@H]1CC=CC[C@@H]1C(=O)O. The lowest BCUT2D eigenvalue weighted by molar-refractivity contribution is -0.150. The Bertz CT molecular complexity index is 370. The second kappa shape index (κ2) is 6.04. The lowest BCUT2D eigenvalue weighted by Crippen LogP contribution is -2.40. The van der Waals surface area contributed by atoms with E-state index in [-0.39, 0.29) is 12.3 Å². The van der Waals surface area contributed by atoms with E-state index in [1.54, 1.807) is 13.1 Å². The Kier molecular flexibility index (Phi) is 4.70. The van der Waals surface area contributed by atoms with Crippen LogP contribution in [0.4, 0.5) is 0 Å². The van der Waals surface area contributed by atoms with Gasteiger partial charge in [0.05, 0.1) is 24.3 Å². The molecule has 0 aromatic heterocycles. The summed E-state index contributed by atoms with van der Waals surface area (Å²) in [5.41, 5.74) is 0. The highest BCUT2D eigenvalue weighted by Gasteiger charge is 2.35. The zero-order valence-electron chi connectivity index (χ0n) is 9.80. The van der Waals surface area contributed by atoms with Crippen LogP contribution in [0.3, 0.4) is 0 Å². The number of amides is 1. The van der Waals surface area contributed by atoms with E-state index in [0.29, 0.717) is 19.4 Å². The number of nitriles is 1. The van der Waals surface area contributed by atoms with Crippen LogP contribution in [-0.4, -0.2) is 35.5 Å². The number of carboxylic acids is 1. The highest BCUT2D eigenvalue weighted by molar-refractivity contribution is 5.85. The highest BCUT2D eigenvalue weighted by atomic mass is 16.4. The van der Waals surface area contributed by atoms with Crippen molar-refractivity contribution in [1.29, 1.82) is 5.26 Å². The van der Waals surface area contributed by atoms with Crippen LogP contribution in [0.15, 0.2) is 12.2 Å². The molecule has 1 aliphatic rings. The summed E-state index contributed by atoms with van der Waals surface area (Å²) in [5.74, 6) is -2.25. The molecule has 0 spiro atoms. The molecule has 2 atom stereocenters.